The monoisotopic (exact) mass is 380 g/mol. The Hall–Kier alpha value is -3.19. The number of aromatic nitrogens is 5. The number of hydrogen-bond donors (Lipinski definition) is 1. The van der Waals surface area contributed by atoms with Gasteiger partial charge in [0.05, 0.1) is 18.3 Å². The lowest BCUT2D eigenvalue weighted by Gasteiger charge is -2.10. The van der Waals surface area contributed by atoms with Crippen molar-refractivity contribution in [2.75, 3.05) is 5.32 Å². The summed E-state index contributed by atoms with van der Waals surface area (Å²) < 4.78 is 3.49. The van der Waals surface area contributed by atoms with Gasteiger partial charge in [-0.1, -0.05) is 35.0 Å². The maximum atomic E-state index is 12.7. The molecule has 0 spiro atoms. The Morgan fingerprint density at radius 1 is 1.15 bits per heavy atom. The summed E-state index contributed by atoms with van der Waals surface area (Å²) in [5.41, 5.74) is 3.03. The van der Waals surface area contributed by atoms with E-state index in [9.17, 15) is 4.79 Å². The lowest BCUT2D eigenvalue weighted by atomic mass is 10.2. The molecule has 8 heteroatoms. The summed E-state index contributed by atoms with van der Waals surface area (Å²) in [7, 11) is 0. The third-order valence-electron chi connectivity index (χ3n) is 4.31. The molecule has 1 amide bonds. The minimum absolute atomic E-state index is 0.233. The zero-order chi connectivity index (χ0) is 18.8. The second kappa shape index (κ2) is 7.20. The smallest absolute Gasteiger partial charge is 0.256 e. The summed E-state index contributed by atoms with van der Waals surface area (Å²) in [5.74, 6) is 0.362. The van der Waals surface area contributed by atoms with Crippen molar-refractivity contribution >= 4 is 34.4 Å². The fraction of sp³-hybridized carbons (Fsp3) is 0.158. The van der Waals surface area contributed by atoms with Crippen LogP contribution in [0.1, 0.15) is 22.8 Å². The van der Waals surface area contributed by atoms with E-state index in [4.69, 9.17) is 11.6 Å². The number of benzene rings is 2. The predicted octanol–water partition coefficient (Wildman–Crippen LogP) is 3.60. The van der Waals surface area contributed by atoms with Gasteiger partial charge in [-0.2, -0.15) is 5.10 Å². The summed E-state index contributed by atoms with van der Waals surface area (Å²) in [4.78, 5) is 12.7. The predicted molar refractivity (Wildman–Crippen MR) is 104 cm³/mol. The highest BCUT2D eigenvalue weighted by Gasteiger charge is 2.13. The molecule has 0 unspecified atom stereocenters. The molecule has 0 fully saturated rings. The van der Waals surface area contributed by atoms with Crippen molar-refractivity contribution in [3.8, 4) is 0 Å². The number of anilines is 1. The minimum Gasteiger partial charge on any atom is -0.307 e. The van der Waals surface area contributed by atoms with Crippen LogP contribution in [0.4, 0.5) is 5.82 Å². The van der Waals surface area contributed by atoms with Gasteiger partial charge in [0.1, 0.15) is 11.3 Å². The van der Waals surface area contributed by atoms with Crippen LogP contribution in [0, 0.1) is 0 Å². The summed E-state index contributed by atoms with van der Waals surface area (Å²) >= 11 is 6.22. The lowest BCUT2D eigenvalue weighted by Crippen LogP contribution is -2.16. The first kappa shape index (κ1) is 17.2. The quantitative estimate of drug-likeness (QED) is 0.573. The number of fused-ring (bicyclic) bond motifs is 1. The third kappa shape index (κ3) is 3.41. The van der Waals surface area contributed by atoms with Crippen LogP contribution in [0.2, 0.25) is 5.02 Å². The van der Waals surface area contributed by atoms with E-state index in [-0.39, 0.29) is 5.91 Å². The Kier molecular flexibility index (Phi) is 4.60. The number of carbonyl (C=O) groups excluding carboxylic acids is 1. The third-order valence-corrected chi connectivity index (χ3v) is 4.68. The molecule has 0 bridgehead atoms. The van der Waals surface area contributed by atoms with Gasteiger partial charge in [-0.25, -0.2) is 9.36 Å². The normalized spacial score (nSPS) is 11.0. The molecule has 27 heavy (non-hydrogen) atoms. The van der Waals surface area contributed by atoms with Crippen LogP contribution in [0.15, 0.2) is 54.7 Å². The minimum atomic E-state index is -0.233. The van der Waals surface area contributed by atoms with E-state index in [0.29, 0.717) is 28.5 Å². The molecule has 2 aromatic carbocycles. The number of rotatable bonds is 5. The molecule has 7 nitrogen and oxygen atoms in total. The van der Waals surface area contributed by atoms with Crippen molar-refractivity contribution < 1.29 is 4.79 Å². The maximum absolute atomic E-state index is 12.7. The van der Waals surface area contributed by atoms with Crippen molar-refractivity contribution in [1.29, 1.82) is 0 Å². The van der Waals surface area contributed by atoms with E-state index in [1.807, 2.05) is 37.3 Å². The Morgan fingerprint density at radius 2 is 2.00 bits per heavy atom. The molecule has 0 aliphatic rings. The van der Waals surface area contributed by atoms with Crippen LogP contribution in [0.5, 0.6) is 0 Å². The number of nitrogens with zero attached hydrogens (tertiary/aromatic N) is 5. The van der Waals surface area contributed by atoms with E-state index in [2.05, 4.69) is 20.7 Å². The van der Waals surface area contributed by atoms with Crippen molar-refractivity contribution in [3.63, 3.8) is 0 Å². The zero-order valence-electron chi connectivity index (χ0n) is 14.6. The number of halogens is 1. The fourth-order valence-electron chi connectivity index (χ4n) is 2.89. The van der Waals surface area contributed by atoms with Gasteiger partial charge in [-0.3, -0.25) is 4.79 Å². The highest BCUT2D eigenvalue weighted by Crippen LogP contribution is 2.19. The molecule has 0 atom stereocenters. The summed E-state index contributed by atoms with van der Waals surface area (Å²) in [5, 5.41) is 16.0. The lowest BCUT2D eigenvalue weighted by molar-refractivity contribution is 0.102. The van der Waals surface area contributed by atoms with Gasteiger partial charge < -0.3 is 5.32 Å². The molecule has 0 radical (unpaired) electrons. The molecule has 0 aliphatic carbocycles. The number of nitrogens with one attached hydrogen (secondary N) is 1. The molecule has 2 heterocycles. The van der Waals surface area contributed by atoms with Gasteiger partial charge in [-0.15, -0.1) is 5.10 Å². The van der Waals surface area contributed by atoms with Crippen molar-refractivity contribution in [2.45, 2.75) is 20.0 Å². The van der Waals surface area contributed by atoms with Gasteiger partial charge >= 0.3 is 0 Å². The molecule has 0 saturated heterocycles. The van der Waals surface area contributed by atoms with E-state index in [1.165, 1.54) is 0 Å². The Morgan fingerprint density at radius 3 is 2.81 bits per heavy atom. The van der Waals surface area contributed by atoms with E-state index in [0.717, 1.165) is 17.6 Å². The average Bonchev–Trinajstić information content (AvgIpc) is 3.29. The highest BCUT2D eigenvalue weighted by atomic mass is 35.5. The zero-order valence-corrected chi connectivity index (χ0v) is 15.4. The van der Waals surface area contributed by atoms with Crippen molar-refractivity contribution in [1.82, 2.24) is 24.8 Å². The fourth-order valence-corrected chi connectivity index (χ4v) is 3.08. The van der Waals surface area contributed by atoms with Crippen LogP contribution in [0.3, 0.4) is 0 Å². The molecule has 4 aromatic rings. The van der Waals surface area contributed by atoms with Gasteiger partial charge in [-0.05, 0) is 36.8 Å². The number of hydrogen-bond acceptors (Lipinski definition) is 4. The highest BCUT2D eigenvalue weighted by molar-refractivity contribution is 6.31. The Labute approximate surface area is 160 Å². The topological polar surface area (TPSA) is 77.6 Å². The van der Waals surface area contributed by atoms with Crippen LogP contribution in [0.25, 0.3) is 11.0 Å². The molecular formula is C19H17ClN6O. The van der Waals surface area contributed by atoms with Gasteiger partial charge in [0, 0.05) is 23.2 Å². The van der Waals surface area contributed by atoms with Gasteiger partial charge in [0.25, 0.3) is 5.91 Å². The van der Waals surface area contributed by atoms with E-state index in [1.54, 1.807) is 33.8 Å². The van der Waals surface area contributed by atoms with Crippen LogP contribution in [-0.2, 0) is 13.1 Å². The second-order valence-corrected chi connectivity index (χ2v) is 6.44. The SMILES string of the molecule is CCn1nnc2cc(C(=O)Nc3ccnn3Cc3ccccc3Cl)ccc21. The van der Waals surface area contributed by atoms with E-state index >= 15 is 0 Å². The second-order valence-electron chi connectivity index (χ2n) is 6.03. The average molecular weight is 381 g/mol. The molecule has 136 valence electrons. The van der Waals surface area contributed by atoms with Crippen LogP contribution >= 0.6 is 11.6 Å². The molecule has 2 aromatic heterocycles. The molecule has 1 N–H and O–H groups in total. The Balaban J connectivity index is 1.55. The van der Waals surface area contributed by atoms with Crippen molar-refractivity contribution in [3.05, 3.63) is 70.9 Å². The molecule has 0 saturated carbocycles. The maximum Gasteiger partial charge on any atom is 0.256 e. The summed E-state index contributed by atoms with van der Waals surface area (Å²) in [6, 6.07) is 14.7. The summed E-state index contributed by atoms with van der Waals surface area (Å²) in [6.07, 6.45) is 1.64. The number of carbonyl (C=O) groups is 1. The summed E-state index contributed by atoms with van der Waals surface area (Å²) in [6.45, 7) is 3.18. The first-order valence-electron chi connectivity index (χ1n) is 8.55. The Bertz CT molecular complexity index is 1120. The largest absolute Gasteiger partial charge is 0.307 e. The standard InChI is InChI=1S/C19H17ClN6O/c1-2-25-17-8-7-13(11-16(17)23-24-25)19(27)22-18-9-10-21-26(18)12-14-5-3-4-6-15(14)20/h3-11H,2,12H2,1H3,(H,22,27). The first-order valence-corrected chi connectivity index (χ1v) is 8.93. The number of amides is 1. The van der Waals surface area contributed by atoms with Crippen molar-refractivity contribution in [2.24, 2.45) is 0 Å². The molecule has 0 aliphatic heterocycles. The van der Waals surface area contributed by atoms with E-state index < -0.39 is 0 Å². The first-order chi connectivity index (χ1) is 13.2. The molecular weight excluding hydrogens is 364 g/mol. The van der Waals surface area contributed by atoms with Gasteiger partial charge in [0.2, 0.25) is 0 Å². The molecule has 4 rings (SSSR count). The number of aryl methyl sites for hydroxylation is 1. The van der Waals surface area contributed by atoms with Crippen LogP contribution < -0.4 is 5.32 Å². The van der Waals surface area contributed by atoms with Crippen LogP contribution in [-0.4, -0.2) is 30.7 Å². The van der Waals surface area contributed by atoms with Gasteiger partial charge in [0.15, 0.2) is 0 Å².